The van der Waals surface area contributed by atoms with Crippen LogP contribution in [-0.2, 0) is 0 Å². The standard InChI is InChI=1S/C45H29N3O/c1-4-12-30(13-5-1)31-20-22-32(23-21-31)40-29-41(47-44(46-40)33-14-6-2-7-15-33)39-26-25-36(37-18-10-11-19-38(37)39)35-24-27-43-42(28-35)48-45(49-43)34-16-8-3-9-17-34/h1-29H. The van der Waals surface area contributed by atoms with Crippen LogP contribution in [0.5, 0.6) is 0 Å². The van der Waals surface area contributed by atoms with Crippen LogP contribution in [0.25, 0.3) is 89.5 Å². The second kappa shape index (κ2) is 12.2. The molecule has 9 rings (SSSR count). The molecule has 0 saturated heterocycles. The largest absolute Gasteiger partial charge is 0.436 e. The van der Waals surface area contributed by atoms with E-state index in [0.717, 1.165) is 66.6 Å². The summed E-state index contributed by atoms with van der Waals surface area (Å²) in [7, 11) is 0. The lowest BCUT2D eigenvalue weighted by Gasteiger charge is -2.14. The highest BCUT2D eigenvalue weighted by molar-refractivity contribution is 6.05. The maximum Gasteiger partial charge on any atom is 0.227 e. The van der Waals surface area contributed by atoms with Gasteiger partial charge in [0.1, 0.15) is 5.52 Å². The number of benzene rings is 7. The van der Waals surface area contributed by atoms with Gasteiger partial charge in [0, 0.05) is 22.3 Å². The van der Waals surface area contributed by atoms with E-state index in [1.165, 1.54) is 11.1 Å². The van der Waals surface area contributed by atoms with Gasteiger partial charge in [0.25, 0.3) is 0 Å². The van der Waals surface area contributed by atoms with Crippen molar-refractivity contribution in [3.63, 3.8) is 0 Å². The minimum Gasteiger partial charge on any atom is -0.436 e. The van der Waals surface area contributed by atoms with Crippen LogP contribution >= 0.6 is 0 Å². The fourth-order valence-corrected chi connectivity index (χ4v) is 6.49. The lowest BCUT2D eigenvalue weighted by Crippen LogP contribution is -1.96. The van der Waals surface area contributed by atoms with Crippen LogP contribution in [-0.4, -0.2) is 15.0 Å². The minimum absolute atomic E-state index is 0.622. The molecule has 2 aromatic heterocycles. The summed E-state index contributed by atoms with van der Waals surface area (Å²) in [5.74, 6) is 1.32. The Morgan fingerprint density at radius 2 is 0.878 bits per heavy atom. The SMILES string of the molecule is c1ccc(-c2ccc(-c3cc(-c4ccc(-c5ccc6oc(-c7ccccc7)nc6c5)c5ccccc45)nc(-c4ccccc4)n3)cc2)cc1. The molecule has 0 aliphatic rings. The molecule has 0 N–H and O–H groups in total. The molecule has 0 aliphatic carbocycles. The van der Waals surface area contributed by atoms with Gasteiger partial charge in [-0.25, -0.2) is 15.0 Å². The van der Waals surface area contributed by atoms with Crippen molar-refractivity contribution in [2.75, 3.05) is 0 Å². The van der Waals surface area contributed by atoms with Crippen molar-refractivity contribution in [2.45, 2.75) is 0 Å². The predicted octanol–water partition coefficient (Wildman–Crippen LogP) is 11.8. The van der Waals surface area contributed by atoms with Crippen molar-refractivity contribution in [3.05, 3.63) is 176 Å². The molecule has 49 heavy (non-hydrogen) atoms. The van der Waals surface area contributed by atoms with Crippen molar-refractivity contribution in [1.29, 1.82) is 0 Å². The van der Waals surface area contributed by atoms with E-state index in [2.05, 4.69) is 115 Å². The van der Waals surface area contributed by atoms with Crippen LogP contribution < -0.4 is 0 Å². The van der Waals surface area contributed by atoms with E-state index in [-0.39, 0.29) is 0 Å². The maximum atomic E-state index is 6.11. The molecule has 0 saturated carbocycles. The van der Waals surface area contributed by atoms with Crippen molar-refractivity contribution in [2.24, 2.45) is 0 Å². The Labute approximate surface area is 284 Å². The summed E-state index contributed by atoms with van der Waals surface area (Å²) in [4.78, 5) is 15.1. The Morgan fingerprint density at radius 3 is 1.59 bits per heavy atom. The zero-order chi connectivity index (χ0) is 32.6. The molecular weight excluding hydrogens is 599 g/mol. The van der Waals surface area contributed by atoms with Crippen molar-refractivity contribution in [3.8, 4) is 67.6 Å². The number of aromatic nitrogens is 3. The average molecular weight is 628 g/mol. The summed E-state index contributed by atoms with van der Waals surface area (Å²) in [5.41, 5.74) is 11.9. The molecule has 0 atom stereocenters. The summed E-state index contributed by atoms with van der Waals surface area (Å²) < 4.78 is 6.11. The third-order valence-corrected chi connectivity index (χ3v) is 8.97. The van der Waals surface area contributed by atoms with E-state index in [1.54, 1.807) is 0 Å². The van der Waals surface area contributed by atoms with E-state index in [4.69, 9.17) is 19.4 Å². The molecule has 0 amide bonds. The van der Waals surface area contributed by atoms with Crippen LogP contribution in [0.15, 0.2) is 180 Å². The molecule has 0 radical (unpaired) electrons. The Kier molecular flexibility index (Phi) is 7.10. The number of hydrogen-bond donors (Lipinski definition) is 0. The van der Waals surface area contributed by atoms with E-state index >= 15 is 0 Å². The fourth-order valence-electron chi connectivity index (χ4n) is 6.49. The van der Waals surface area contributed by atoms with Crippen molar-refractivity contribution < 1.29 is 4.42 Å². The number of oxazole rings is 1. The average Bonchev–Trinajstić information content (AvgIpc) is 3.62. The van der Waals surface area contributed by atoms with Gasteiger partial charge in [-0.15, -0.1) is 0 Å². The van der Waals surface area contributed by atoms with Crippen LogP contribution in [0.1, 0.15) is 0 Å². The van der Waals surface area contributed by atoms with Gasteiger partial charge >= 0.3 is 0 Å². The Morgan fingerprint density at radius 1 is 0.347 bits per heavy atom. The molecule has 9 aromatic rings. The van der Waals surface area contributed by atoms with Gasteiger partial charge in [0.05, 0.1) is 11.4 Å². The highest BCUT2D eigenvalue weighted by Gasteiger charge is 2.16. The van der Waals surface area contributed by atoms with Gasteiger partial charge in [0.15, 0.2) is 11.4 Å². The highest BCUT2D eigenvalue weighted by atomic mass is 16.3. The van der Waals surface area contributed by atoms with Crippen molar-refractivity contribution in [1.82, 2.24) is 15.0 Å². The number of hydrogen-bond acceptors (Lipinski definition) is 4. The van der Waals surface area contributed by atoms with E-state index < -0.39 is 0 Å². The summed E-state index contributed by atoms with van der Waals surface area (Å²) in [6.07, 6.45) is 0. The molecule has 0 aliphatic heterocycles. The van der Waals surface area contributed by atoms with Crippen LogP contribution in [0.4, 0.5) is 0 Å². The van der Waals surface area contributed by atoms with Gasteiger partial charge in [-0.2, -0.15) is 0 Å². The first-order valence-corrected chi connectivity index (χ1v) is 16.4. The quantitative estimate of drug-likeness (QED) is 0.184. The van der Waals surface area contributed by atoms with Crippen molar-refractivity contribution >= 4 is 21.9 Å². The third-order valence-electron chi connectivity index (χ3n) is 8.97. The molecule has 0 fully saturated rings. The van der Waals surface area contributed by atoms with Gasteiger partial charge in [0.2, 0.25) is 5.89 Å². The molecule has 4 heteroatoms. The Hall–Kier alpha value is -6.65. The van der Waals surface area contributed by atoms with Gasteiger partial charge in [-0.3, -0.25) is 0 Å². The number of rotatable bonds is 6. The highest BCUT2D eigenvalue weighted by Crippen LogP contribution is 2.38. The molecule has 0 unspecified atom stereocenters. The number of fused-ring (bicyclic) bond motifs is 2. The third kappa shape index (κ3) is 5.45. The molecule has 2 heterocycles. The fraction of sp³-hybridized carbons (Fsp3) is 0. The lowest BCUT2D eigenvalue weighted by atomic mass is 9.93. The predicted molar refractivity (Wildman–Crippen MR) is 200 cm³/mol. The second-order valence-electron chi connectivity index (χ2n) is 12.0. The van der Waals surface area contributed by atoms with E-state index in [0.29, 0.717) is 11.7 Å². The van der Waals surface area contributed by atoms with Crippen LogP contribution in [0.3, 0.4) is 0 Å². The van der Waals surface area contributed by atoms with Gasteiger partial charge in [-0.05, 0) is 63.4 Å². The van der Waals surface area contributed by atoms with Gasteiger partial charge in [-0.1, -0.05) is 146 Å². The van der Waals surface area contributed by atoms with E-state index in [9.17, 15) is 0 Å². The summed E-state index contributed by atoms with van der Waals surface area (Å²) in [5, 5.41) is 2.26. The molecule has 4 nitrogen and oxygen atoms in total. The maximum absolute atomic E-state index is 6.11. The Bertz CT molecular complexity index is 2580. The first-order chi connectivity index (χ1) is 24.3. The molecule has 0 bridgehead atoms. The summed E-state index contributed by atoms with van der Waals surface area (Å²) in [6, 6.07) is 60.5. The normalized spacial score (nSPS) is 11.3. The summed E-state index contributed by atoms with van der Waals surface area (Å²) >= 11 is 0. The smallest absolute Gasteiger partial charge is 0.227 e. The Balaban J connectivity index is 1.16. The molecule has 230 valence electrons. The first-order valence-electron chi connectivity index (χ1n) is 16.4. The van der Waals surface area contributed by atoms with Crippen LogP contribution in [0.2, 0.25) is 0 Å². The summed E-state index contributed by atoms with van der Waals surface area (Å²) in [6.45, 7) is 0. The zero-order valence-electron chi connectivity index (χ0n) is 26.5. The lowest BCUT2D eigenvalue weighted by molar-refractivity contribution is 0.620. The minimum atomic E-state index is 0.622. The molecule has 7 aromatic carbocycles. The number of nitrogens with zero attached hydrogens (tertiary/aromatic N) is 3. The van der Waals surface area contributed by atoms with E-state index in [1.807, 2.05) is 60.7 Å². The molecular formula is C45H29N3O. The molecule has 0 spiro atoms. The van der Waals surface area contributed by atoms with Crippen LogP contribution in [0, 0.1) is 0 Å². The monoisotopic (exact) mass is 627 g/mol. The topological polar surface area (TPSA) is 51.8 Å². The first kappa shape index (κ1) is 28.6. The van der Waals surface area contributed by atoms with Gasteiger partial charge < -0.3 is 4.42 Å². The zero-order valence-corrected chi connectivity index (χ0v) is 26.5. The second-order valence-corrected chi connectivity index (χ2v) is 12.0.